The van der Waals surface area contributed by atoms with Crippen LogP contribution in [0.2, 0.25) is 0 Å². The van der Waals surface area contributed by atoms with Crippen molar-refractivity contribution in [1.82, 2.24) is 0 Å². The van der Waals surface area contributed by atoms with E-state index in [4.69, 9.17) is 5.11 Å². The third-order valence-electron chi connectivity index (χ3n) is 0.979. The molecule has 0 aromatic heterocycles. The van der Waals surface area contributed by atoms with E-state index in [9.17, 15) is 4.79 Å². The number of allylic oxidation sites excluding steroid dienone is 1. The van der Waals surface area contributed by atoms with Crippen molar-refractivity contribution in [3.8, 4) is 0 Å². The fraction of sp³-hybridized carbons (Fsp3) is 0.571. The van der Waals surface area contributed by atoms with E-state index in [1.165, 1.54) is 0 Å². The summed E-state index contributed by atoms with van der Waals surface area (Å²) in [6, 6.07) is 0. The molecule has 0 aromatic rings. The lowest BCUT2D eigenvalue weighted by atomic mass is 9.91. The fourth-order valence-electron chi connectivity index (χ4n) is 0.568. The molecule has 0 spiro atoms. The van der Waals surface area contributed by atoms with Crippen LogP contribution in [-0.4, -0.2) is 11.4 Å². The van der Waals surface area contributed by atoms with Crippen LogP contribution >= 0.6 is 0 Å². The number of hydrogen-bond acceptors (Lipinski definition) is 2. The Morgan fingerprint density at radius 3 is 2.33 bits per heavy atom. The summed E-state index contributed by atoms with van der Waals surface area (Å²) in [6.45, 7) is 6.79. The van der Waals surface area contributed by atoms with Crippen LogP contribution in [0.5, 0.6) is 0 Å². The van der Waals surface area contributed by atoms with Gasteiger partial charge in [-0.15, -0.1) is 0 Å². The summed E-state index contributed by atoms with van der Waals surface area (Å²) >= 11 is 0. The molecule has 0 atom stereocenters. The van der Waals surface area contributed by atoms with Gasteiger partial charge in [-0.25, -0.2) is 0 Å². The second-order valence-electron chi connectivity index (χ2n) is 2.85. The maximum atomic E-state index is 10.2. The largest absolute Gasteiger partial charge is 0.513 e. The molecule has 0 saturated heterocycles. The Labute approximate surface area is 55.2 Å². The van der Waals surface area contributed by atoms with Crippen LogP contribution < -0.4 is 0 Å². The Kier molecular flexibility index (Phi) is 2.43. The van der Waals surface area contributed by atoms with Crippen LogP contribution in [0.25, 0.3) is 0 Å². The van der Waals surface area contributed by atoms with Gasteiger partial charge in [-0.2, -0.15) is 0 Å². The normalized spacial score (nSPS) is 10.9. The summed E-state index contributed by atoms with van der Waals surface area (Å²) in [4.78, 5) is 10.2. The van der Waals surface area contributed by atoms with E-state index < -0.39 is 5.41 Å². The quantitative estimate of drug-likeness (QED) is 0.463. The van der Waals surface area contributed by atoms with Crippen LogP contribution in [0, 0.1) is 5.41 Å². The number of aliphatic hydroxyl groups excluding tert-OH is 1. The number of carbonyl (C=O) groups is 1. The molecule has 0 aliphatic rings. The first-order valence-corrected chi connectivity index (χ1v) is 2.81. The summed E-state index contributed by atoms with van der Waals surface area (Å²) in [5, 5.41) is 8.67. The van der Waals surface area contributed by atoms with Gasteiger partial charge in [0.1, 0.15) is 6.29 Å². The summed E-state index contributed by atoms with van der Waals surface area (Å²) in [7, 11) is 0. The van der Waals surface area contributed by atoms with Gasteiger partial charge in [-0.3, -0.25) is 0 Å². The zero-order valence-electron chi connectivity index (χ0n) is 5.85. The lowest BCUT2D eigenvalue weighted by Crippen LogP contribution is -2.13. The maximum absolute atomic E-state index is 10.2. The van der Waals surface area contributed by atoms with Crippen LogP contribution in [0.15, 0.2) is 12.3 Å². The minimum absolute atomic E-state index is 0.0621. The van der Waals surface area contributed by atoms with Crippen LogP contribution in [0.4, 0.5) is 0 Å². The maximum Gasteiger partial charge on any atom is 0.126 e. The predicted molar refractivity (Wildman–Crippen MR) is 36.2 cm³/mol. The molecular weight excluding hydrogens is 116 g/mol. The van der Waals surface area contributed by atoms with E-state index in [2.05, 4.69) is 6.58 Å². The molecule has 2 nitrogen and oxygen atoms in total. The molecule has 0 unspecified atom stereocenters. The van der Waals surface area contributed by atoms with E-state index in [0.29, 0.717) is 6.42 Å². The van der Waals surface area contributed by atoms with Gasteiger partial charge in [0, 0.05) is 11.8 Å². The molecule has 0 fully saturated rings. The average molecular weight is 128 g/mol. The first kappa shape index (κ1) is 8.21. The molecule has 0 amide bonds. The van der Waals surface area contributed by atoms with Crippen molar-refractivity contribution >= 4 is 6.29 Å². The highest BCUT2D eigenvalue weighted by Gasteiger charge is 2.16. The van der Waals surface area contributed by atoms with Crippen molar-refractivity contribution in [1.29, 1.82) is 0 Å². The second-order valence-corrected chi connectivity index (χ2v) is 2.85. The highest BCUT2D eigenvalue weighted by atomic mass is 16.3. The molecule has 0 radical (unpaired) electrons. The molecule has 0 aliphatic carbocycles. The topological polar surface area (TPSA) is 37.3 Å². The predicted octanol–water partition coefficient (Wildman–Crippen LogP) is 1.67. The van der Waals surface area contributed by atoms with Crippen molar-refractivity contribution in [2.45, 2.75) is 20.3 Å². The van der Waals surface area contributed by atoms with Gasteiger partial charge in [0.25, 0.3) is 0 Å². The zero-order valence-corrected chi connectivity index (χ0v) is 5.85. The Bertz CT molecular complexity index is 125. The molecule has 9 heavy (non-hydrogen) atoms. The van der Waals surface area contributed by atoms with Crippen molar-refractivity contribution in [3.05, 3.63) is 12.3 Å². The second kappa shape index (κ2) is 2.67. The van der Waals surface area contributed by atoms with Gasteiger partial charge in [0.15, 0.2) is 0 Å². The van der Waals surface area contributed by atoms with Crippen molar-refractivity contribution in [2.24, 2.45) is 5.41 Å². The van der Waals surface area contributed by atoms with E-state index >= 15 is 0 Å². The van der Waals surface area contributed by atoms with Gasteiger partial charge in [-0.1, -0.05) is 20.4 Å². The third-order valence-corrected chi connectivity index (χ3v) is 0.979. The summed E-state index contributed by atoms with van der Waals surface area (Å²) in [6.07, 6.45) is 1.16. The van der Waals surface area contributed by atoms with Crippen LogP contribution in [-0.2, 0) is 4.79 Å². The molecule has 52 valence electrons. The smallest absolute Gasteiger partial charge is 0.126 e. The van der Waals surface area contributed by atoms with Gasteiger partial charge in [-0.05, 0) is 0 Å². The van der Waals surface area contributed by atoms with Crippen LogP contribution in [0.1, 0.15) is 20.3 Å². The van der Waals surface area contributed by atoms with Crippen molar-refractivity contribution in [3.63, 3.8) is 0 Å². The Hall–Kier alpha value is -0.790. The number of rotatable bonds is 3. The lowest BCUT2D eigenvalue weighted by molar-refractivity contribution is -0.114. The average Bonchev–Trinajstić information content (AvgIpc) is 1.63. The molecule has 1 N–H and O–H groups in total. The molecule has 0 bridgehead atoms. The first-order valence-electron chi connectivity index (χ1n) is 2.81. The number of aliphatic hydroxyl groups is 1. The standard InChI is InChI=1S/C7H12O2/c1-6(9)4-7(2,3)5-8/h5,9H,1,4H2,2-3H3. The molecule has 0 aliphatic heterocycles. The molecule has 2 heteroatoms. The van der Waals surface area contributed by atoms with Crippen molar-refractivity contribution in [2.75, 3.05) is 0 Å². The fourth-order valence-corrected chi connectivity index (χ4v) is 0.568. The van der Waals surface area contributed by atoms with Gasteiger partial charge < -0.3 is 9.90 Å². The van der Waals surface area contributed by atoms with E-state index in [0.717, 1.165) is 6.29 Å². The number of hydrogen-bond donors (Lipinski definition) is 1. The Morgan fingerprint density at radius 2 is 2.22 bits per heavy atom. The van der Waals surface area contributed by atoms with Crippen LogP contribution in [0.3, 0.4) is 0 Å². The lowest BCUT2D eigenvalue weighted by Gasteiger charge is -2.14. The summed E-state index contributed by atoms with van der Waals surface area (Å²) in [5.74, 6) is 0.0621. The summed E-state index contributed by atoms with van der Waals surface area (Å²) < 4.78 is 0. The number of carbonyl (C=O) groups excluding carboxylic acids is 1. The molecule has 0 aromatic carbocycles. The van der Waals surface area contributed by atoms with E-state index in [-0.39, 0.29) is 5.76 Å². The zero-order chi connectivity index (χ0) is 7.49. The van der Waals surface area contributed by atoms with Gasteiger partial charge >= 0.3 is 0 Å². The Morgan fingerprint density at radius 1 is 1.78 bits per heavy atom. The van der Waals surface area contributed by atoms with E-state index in [1.54, 1.807) is 13.8 Å². The highest BCUT2D eigenvalue weighted by Crippen LogP contribution is 2.19. The highest BCUT2D eigenvalue weighted by molar-refractivity contribution is 5.58. The minimum atomic E-state index is -0.466. The molecule has 0 saturated carbocycles. The minimum Gasteiger partial charge on any atom is -0.513 e. The summed E-state index contributed by atoms with van der Waals surface area (Å²) in [5.41, 5.74) is -0.466. The molecule has 0 heterocycles. The van der Waals surface area contributed by atoms with Gasteiger partial charge in [0.05, 0.1) is 5.76 Å². The third kappa shape index (κ3) is 3.76. The molecular formula is C7H12O2. The Balaban J connectivity index is 3.86. The SMILES string of the molecule is C=C(O)CC(C)(C)C=O. The van der Waals surface area contributed by atoms with Gasteiger partial charge in [0.2, 0.25) is 0 Å². The van der Waals surface area contributed by atoms with Crippen molar-refractivity contribution < 1.29 is 9.90 Å². The first-order chi connectivity index (χ1) is 3.98. The molecule has 0 rings (SSSR count). The monoisotopic (exact) mass is 128 g/mol. The number of aldehydes is 1. The van der Waals surface area contributed by atoms with E-state index in [1.807, 2.05) is 0 Å².